The number of amides is 1. The quantitative estimate of drug-likeness (QED) is 0.705. The maximum Gasteiger partial charge on any atom is 0.320 e. The topological polar surface area (TPSA) is 122 Å². The van der Waals surface area contributed by atoms with Crippen LogP contribution in [-0.2, 0) is 9.59 Å². The zero-order valence-corrected chi connectivity index (χ0v) is 11.4. The summed E-state index contributed by atoms with van der Waals surface area (Å²) in [6, 6.07) is 8.20. The van der Waals surface area contributed by atoms with E-state index in [0.29, 0.717) is 5.69 Å². The number of carbonyl (C=O) groups excluding carboxylic acids is 1. The van der Waals surface area contributed by atoms with Crippen molar-refractivity contribution in [1.82, 2.24) is 0 Å². The summed E-state index contributed by atoms with van der Waals surface area (Å²) >= 11 is 0. The largest absolute Gasteiger partial charge is 0.480 e. The Morgan fingerprint density at radius 1 is 1.30 bits per heavy atom. The van der Waals surface area contributed by atoms with E-state index in [1.54, 1.807) is 38.1 Å². The molecule has 4 N–H and O–H groups in total. The van der Waals surface area contributed by atoms with Gasteiger partial charge in [0.2, 0.25) is 5.91 Å². The molecular weight excluding hydrogens is 262 g/mol. The van der Waals surface area contributed by atoms with Crippen molar-refractivity contribution in [2.45, 2.75) is 19.9 Å². The average molecular weight is 281 g/mol. The minimum Gasteiger partial charge on any atom is -0.480 e. The summed E-state index contributed by atoms with van der Waals surface area (Å²) < 4.78 is 0. The van der Waals surface area contributed by atoms with Gasteiger partial charge in [-0.05, 0) is 18.1 Å². The van der Waals surface area contributed by atoms with Crippen molar-refractivity contribution in [2.75, 3.05) is 11.9 Å². The molecule has 20 heavy (non-hydrogen) atoms. The molecule has 0 aliphatic rings. The summed E-state index contributed by atoms with van der Waals surface area (Å²) in [5.74, 6) is -1.30. The van der Waals surface area contributed by atoms with E-state index < -0.39 is 17.9 Å². The van der Waals surface area contributed by atoms with Crippen molar-refractivity contribution in [2.24, 2.45) is 16.8 Å². The zero-order valence-electron chi connectivity index (χ0n) is 11.4. The number of aliphatic carboxylic acids is 1. The minimum atomic E-state index is -0.931. The molecule has 0 bridgehead atoms. The predicted molar refractivity (Wildman–Crippen MR) is 76.2 cm³/mol. The van der Waals surface area contributed by atoms with Gasteiger partial charge in [-0.15, -0.1) is 0 Å². The number of carboxylic acids is 1. The second kappa shape index (κ2) is 9.62. The number of hydrogen-bond acceptors (Lipinski definition) is 5. The highest BCUT2D eigenvalue weighted by Crippen LogP contribution is 2.04. The lowest BCUT2D eigenvalue weighted by atomic mass is 10.1. The summed E-state index contributed by atoms with van der Waals surface area (Å²) in [6.45, 7) is 3.21. The van der Waals surface area contributed by atoms with E-state index >= 15 is 0 Å². The first-order valence-electron chi connectivity index (χ1n) is 6.00. The van der Waals surface area contributed by atoms with E-state index in [9.17, 15) is 14.5 Å². The van der Waals surface area contributed by atoms with E-state index in [2.05, 4.69) is 10.5 Å². The third-order valence-corrected chi connectivity index (χ3v) is 2.27. The highest BCUT2D eigenvalue weighted by Gasteiger charge is 2.14. The van der Waals surface area contributed by atoms with Gasteiger partial charge in [-0.3, -0.25) is 9.59 Å². The van der Waals surface area contributed by atoms with Gasteiger partial charge in [0.05, 0.1) is 0 Å². The molecule has 0 saturated heterocycles. The maximum absolute atomic E-state index is 10.8. The molecule has 0 radical (unpaired) electrons. The van der Waals surface area contributed by atoms with Gasteiger partial charge < -0.3 is 16.2 Å². The number of carbonyl (C=O) groups is 2. The van der Waals surface area contributed by atoms with Crippen LogP contribution in [0.3, 0.4) is 0 Å². The molecule has 1 atom stereocenters. The van der Waals surface area contributed by atoms with Crippen LogP contribution in [0.2, 0.25) is 0 Å². The van der Waals surface area contributed by atoms with Crippen LogP contribution in [0, 0.1) is 10.8 Å². The van der Waals surface area contributed by atoms with E-state index in [4.69, 9.17) is 10.8 Å². The second-order valence-corrected chi connectivity index (χ2v) is 4.31. The lowest BCUT2D eigenvalue weighted by Crippen LogP contribution is -2.34. The van der Waals surface area contributed by atoms with Crippen molar-refractivity contribution in [3.05, 3.63) is 35.2 Å². The van der Waals surface area contributed by atoms with Crippen molar-refractivity contribution in [1.29, 1.82) is 0 Å². The minimum absolute atomic E-state index is 0.0208. The molecule has 0 fully saturated rings. The molecule has 1 rings (SSSR count). The van der Waals surface area contributed by atoms with Crippen LogP contribution in [0.5, 0.6) is 0 Å². The maximum atomic E-state index is 10.8. The van der Waals surface area contributed by atoms with Gasteiger partial charge >= 0.3 is 5.97 Å². The third-order valence-electron chi connectivity index (χ3n) is 2.27. The molecule has 1 aromatic carbocycles. The van der Waals surface area contributed by atoms with Gasteiger partial charge in [0.15, 0.2) is 6.54 Å². The first-order chi connectivity index (χ1) is 9.38. The first-order valence-corrected chi connectivity index (χ1v) is 6.00. The second-order valence-electron chi connectivity index (χ2n) is 4.31. The third kappa shape index (κ3) is 7.93. The lowest BCUT2D eigenvalue weighted by Gasteiger charge is -2.07. The summed E-state index contributed by atoms with van der Waals surface area (Å²) in [7, 11) is 0. The molecule has 7 heteroatoms. The molecule has 0 aliphatic heterocycles. The molecule has 0 aliphatic carbocycles. The number of nitrogens with zero attached hydrogens (tertiary/aromatic N) is 1. The Bertz CT molecular complexity index is 435. The van der Waals surface area contributed by atoms with E-state index in [1.165, 1.54) is 0 Å². The Labute approximate surface area is 117 Å². The summed E-state index contributed by atoms with van der Waals surface area (Å²) in [6.07, 6.45) is 0. The average Bonchev–Trinajstić information content (AvgIpc) is 2.39. The monoisotopic (exact) mass is 281 g/mol. The standard InChI is InChI=1S/C8H8N2O2.C5H11NO2/c11-8(6-9-12)10-7-4-2-1-3-5-7;1-3(2)4(6)5(7)8/h1-5H,6H2,(H,10,11);3-4H,6H2,1-2H3,(H,7,8)/t;4-/m.0/s1. The van der Waals surface area contributed by atoms with Crippen molar-refractivity contribution >= 4 is 17.6 Å². The number of anilines is 1. The number of nitrogens with two attached hydrogens (primary N) is 1. The van der Waals surface area contributed by atoms with Crippen LogP contribution in [0.1, 0.15) is 13.8 Å². The smallest absolute Gasteiger partial charge is 0.320 e. The van der Waals surface area contributed by atoms with Crippen LogP contribution in [0.4, 0.5) is 5.69 Å². The highest BCUT2D eigenvalue weighted by atomic mass is 16.4. The van der Waals surface area contributed by atoms with Gasteiger partial charge in [-0.2, -0.15) is 4.91 Å². The summed E-state index contributed by atoms with van der Waals surface area (Å²) in [4.78, 5) is 30.5. The Balaban J connectivity index is 0.000000396. The fraction of sp³-hybridized carbons (Fsp3) is 0.385. The molecule has 0 aromatic heterocycles. The van der Waals surface area contributed by atoms with E-state index in [1.807, 2.05) is 6.07 Å². The molecule has 1 aromatic rings. The van der Waals surface area contributed by atoms with Gasteiger partial charge in [-0.25, -0.2) is 0 Å². The molecular formula is C13H19N3O4. The zero-order chi connectivity index (χ0) is 15.5. The molecule has 110 valence electrons. The molecule has 7 nitrogen and oxygen atoms in total. The molecule has 0 saturated carbocycles. The van der Waals surface area contributed by atoms with Crippen LogP contribution < -0.4 is 11.1 Å². The molecule has 0 unspecified atom stereocenters. The Hall–Kier alpha value is -2.28. The van der Waals surface area contributed by atoms with E-state index in [0.717, 1.165) is 0 Å². The van der Waals surface area contributed by atoms with Crippen LogP contribution in [0.15, 0.2) is 35.5 Å². The number of rotatable bonds is 5. The fourth-order valence-corrected chi connectivity index (χ4v) is 1.07. The van der Waals surface area contributed by atoms with Gasteiger partial charge in [-0.1, -0.05) is 37.2 Å². The number of benzene rings is 1. The highest BCUT2D eigenvalue weighted by molar-refractivity contribution is 5.92. The molecule has 0 spiro atoms. The van der Waals surface area contributed by atoms with Crippen LogP contribution in [-0.4, -0.2) is 29.6 Å². The Morgan fingerprint density at radius 2 is 1.85 bits per heavy atom. The van der Waals surface area contributed by atoms with Crippen LogP contribution >= 0.6 is 0 Å². The first kappa shape index (κ1) is 17.7. The van der Waals surface area contributed by atoms with E-state index in [-0.39, 0.29) is 12.5 Å². The van der Waals surface area contributed by atoms with Gasteiger partial charge in [0, 0.05) is 5.69 Å². The Morgan fingerprint density at radius 3 is 2.20 bits per heavy atom. The predicted octanol–water partition coefficient (Wildman–Crippen LogP) is 1.45. The number of nitrogens with one attached hydrogen (secondary N) is 1. The lowest BCUT2D eigenvalue weighted by molar-refractivity contribution is -0.139. The van der Waals surface area contributed by atoms with Crippen LogP contribution in [0.25, 0.3) is 0 Å². The summed E-state index contributed by atoms with van der Waals surface area (Å²) in [5.41, 5.74) is 5.83. The fourth-order valence-electron chi connectivity index (χ4n) is 1.07. The summed E-state index contributed by atoms with van der Waals surface area (Å²) in [5, 5.41) is 13.2. The van der Waals surface area contributed by atoms with Gasteiger partial charge in [0.1, 0.15) is 6.04 Å². The SMILES string of the molecule is CC(C)[C@H](N)C(=O)O.O=NCC(=O)Nc1ccccc1. The van der Waals surface area contributed by atoms with Crippen molar-refractivity contribution in [3.63, 3.8) is 0 Å². The molecule has 1 amide bonds. The number of carboxylic acid groups (broad SMARTS) is 1. The number of nitroso groups, excluding NO2 is 1. The Kier molecular flexibility index (Phi) is 8.53. The normalized spacial score (nSPS) is 11.0. The van der Waals surface area contributed by atoms with Crippen molar-refractivity contribution in [3.8, 4) is 0 Å². The molecule has 0 heterocycles. The van der Waals surface area contributed by atoms with Gasteiger partial charge in [0.25, 0.3) is 0 Å². The number of hydrogen-bond donors (Lipinski definition) is 3. The number of para-hydroxylation sites is 1. The van der Waals surface area contributed by atoms with Crippen molar-refractivity contribution < 1.29 is 14.7 Å².